The van der Waals surface area contributed by atoms with Crippen LogP contribution in [0.4, 0.5) is 5.69 Å². The number of anilines is 1. The summed E-state index contributed by atoms with van der Waals surface area (Å²) in [6.07, 6.45) is 1.80. The molecule has 6 heteroatoms. The van der Waals surface area contributed by atoms with Gasteiger partial charge in [-0.2, -0.15) is 0 Å². The monoisotopic (exact) mass is 392 g/mol. The lowest BCUT2D eigenvalue weighted by Gasteiger charge is -2.28. The fourth-order valence-corrected chi connectivity index (χ4v) is 4.55. The highest BCUT2D eigenvalue weighted by Gasteiger charge is 2.42. The van der Waals surface area contributed by atoms with E-state index in [4.69, 9.17) is 12.2 Å². The Labute approximate surface area is 170 Å². The zero-order valence-electron chi connectivity index (χ0n) is 16.3. The number of aromatic hydroxyl groups is 1. The van der Waals surface area contributed by atoms with Gasteiger partial charge in [-0.05, 0) is 68.9 Å². The zero-order valence-corrected chi connectivity index (χ0v) is 17.1. The lowest BCUT2D eigenvalue weighted by atomic mass is 9.96. The molecular weight excluding hydrogens is 368 g/mol. The average Bonchev–Trinajstić information content (AvgIpc) is 3.18. The maximum absolute atomic E-state index is 10.5. The number of phenols is 1. The van der Waals surface area contributed by atoms with Crippen molar-refractivity contribution in [2.24, 2.45) is 0 Å². The second kappa shape index (κ2) is 7.28. The number of aryl methyl sites for hydroxylation is 1. The Kier molecular flexibility index (Phi) is 4.81. The zero-order chi connectivity index (χ0) is 19.8. The first-order chi connectivity index (χ1) is 13.5. The van der Waals surface area contributed by atoms with Gasteiger partial charge < -0.3 is 19.9 Å². The number of nitrogens with zero attached hydrogens (tertiary/aromatic N) is 3. The third kappa shape index (κ3) is 2.94. The molecule has 5 nitrogen and oxygen atoms in total. The molecule has 4 rings (SSSR count). The molecule has 2 aromatic heterocycles. The summed E-state index contributed by atoms with van der Waals surface area (Å²) in [5.41, 5.74) is 5.23. The molecule has 2 N–H and O–H groups in total. The van der Waals surface area contributed by atoms with E-state index in [0.717, 1.165) is 12.2 Å². The van der Waals surface area contributed by atoms with Crippen LogP contribution in [-0.2, 0) is 6.54 Å². The summed E-state index contributed by atoms with van der Waals surface area (Å²) in [5, 5.41) is 14.6. The quantitative estimate of drug-likeness (QED) is 0.645. The Morgan fingerprint density at radius 2 is 1.89 bits per heavy atom. The van der Waals surface area contributed by atoms with Crippen molar-refractivity contribution in [3.63, 3.8) is 0 Å². The van der Waals surface area contributed by atoms with Crippen molar-refractivity contribution in [3.05, 3.63) is 77.4 Å². The number of para-hydroxylation sites is 2. The van der Waals surface area contributed by atoms with Crippen molar-refractivity contribution < 1.29 is 5.11 Å². The van der Waals surface area contributed by atoms with Crippen LogP contribution >= 0.6 is 12.2 Å². The minimum atomic E-state index is -0.112. The third-order valence-electron chi connectivity index (χ3n) is 5.49. The number of nitrogens with one attached hydrogen (secondary N) is 1. The highest BCUT2D eigenvalue weighted by Crippen LogP contribution is 2.45. The van der Waals surface area contributed by atoms with E-state index >= 15 is 0 Å². The fraction of sp³-hybridized carbons (Fsp3) is 0.273. The van der Waals surface area contributed by atoms with Crippen molar-refractivity contribution in [2.45, 2.75) is 39.4 Å². The van der Waals surface area contributed by atoms with Gasteiger partial charge in [0.05, 0.1) is 23.5 Å². The van der Waals surface area contributed by atoms with Crippen LogP contribution in [0.2, 0.25) is 0 Å². The van der Waals surface area contributed by atoms with Crippen LogP contribution in [0.3, 0.4) is 0 Å². The average molecular weight is 393 g/mol. The van der Waals surface area contributed by atoms with Gasteiger partial charge in [0.1, 0.15) is 5.75 Å². The number of benzene rings is 1. The predicted octanol–water partition coefficient (Wildman–Crippen LogP) is 4.40. The molecule has 3 heterocycles. The topological polar surface area (TPSA) is 53.3 Å². The Morgan fingerprint density at radius 3 is 2.54 bits per heavy atom. The van der Waals surface area contributed by atoms with Crippen molar-refractivity contribution in [1.82, 2.24) is 14.9 Å². The summed E-state index contributed by atoms with van der Waals surface area (Å²) in [6, 6.07) is 15.2. The normalized spacial score (nSPS) is 19.1. The van der Waals surface area contributed by atoms with Gasteiger partial charge in [-0.25, -0.2) is 0 Å². The van der Waals surface area contributed by atoms with E-state index in [2.05, 4.69) is 41.7 Å². The number of hydrogen-bond acceptors (Lipinski definition) is 3. The Bertz CT molecular complexity index is 1010. The molecule has 0 aliphatic carbocycles. The molecule has 1 saturated heterocycles. The molecular formula is C22H24N4OS. The third-order valence-corrected chi connectivity index (χ3v) is 5.80. The van der Waals surface area contributed by atoms with E-state index in [0.29, 0.717) is 10.8 Å². The molecule has 28 heavy (non-hydrogen) atoms. The summed E-state index contributed by atoms with van der Waals surface area (Å²) in [4.78, 5) is 6.60. The van der Waals surface area contributed by atoms with Crippen LogP contribution in [0.1, 0.15) is 41.7 Å². The van der Waals surface area contributed by atoms with Gasteiger partial charge in [0.15, 0.2) is 5.11 Å². The number of hydrogen-bond donors (Lipinski definition) is 2. The standard InChI is InChI=1S/C22H24N4OS/c1-4-25-14(2)13-16(15(25)3)21-20(17-9-7-8-12-23-17)24-22(28)26(21)18-10-5-6-11-19(18)27/h5-13,20-21,27H,4H2,1-3H3,(H,24,28). The number of phenolic OH excluding ortho intramolecular Hbond substituents is 1. The molecule has 2 unspecified atom stereocenters. The first kappa shape index (κ1) is 18.5. The Balaban J connectivity index is 1.91. The molecule has 1 aliphatic rings. The Morgan fingerprint density at radius 1 is 1.14 bits per heavy atom. The lowest BCUT2D eigenvalue weighted by molar-refractivity contribution is 0.472. The number of thiocarbonyl (C=S) groups is 1. The van der Waals surface area contributed by atoms with Gasteiger partial charge in [0.2, 0.25) is 0 Å². The van der Waals surface area contributed by atoms with E-state index in [1.165, 1.54) is 17.0 Å². The molecule has 3 aromatic rings. The highest BCUT2D eigenvalue weighted by molar-refractivity contribution is 7.80. The predicted molar refractivity (Wildman–Crippen MR) is 116 cm³/mol. The number of aromatic nitrogens is 2. The first-order valence-electron chi connectivity index (χ1n) is 9.48. The molecule has 0 bridgehead atoms. The van der Waals surface area contributed by atoms with E-state index < -0.39 is 0 Å². The van der Waals surface area contributed by atoms with Crippen molar-refractivity contribution in [1.29, 1.82) is 0 Å². The van der Waals surface area contributed by atoms with Gasteiger partial charge in [-0.1, -0.05) is 18.2 Å². The minimum Gasteiger partial charge on any atom is -0.506 e. The summed E-state index contributed by atoms with van der Waals surface area (Å²) in [7, 11) is 0. The summed E-state index contributed by atoms with van der Waals surface area (Å²) < 4.78 is 2.30. The molecule has 1 aliphatic heterocycles. The molecule has 2 atom stereocenters. The summed E-state index contributed by atoms with van der Waals surface area (Å²) in [6.45, 7) is 7.33. The van der Waals surface area contributed by atoms with Crippen LogP contribution in [-0.4, -0.2) is 19.8 Å². The van der Waals surface area contributed by atoms with Crippen LogP contribution in [0.15, 0.2) is 54.7 Å². The summed E-state index contributed by atoms with van der Waals surface area (Å²) in [5.74, 6) is 0.211. The van der Waals surface area contributed by atoms with Crippen LogP contribution in [0.25, 0.3) is 0 Å². The Hall–Kier alpha value is -2.86. The maximum atomic E-state index is 10.5. The highest BCUT2D eigenvalue weighted by atomic mass is 32.1. The minimum absolute atomic E-state index is 0.109. The van der Waals surface area contributed by atoms with Crippen LogP contribution in [0, 0.1) is 13.8 Å². The van der Waals surface area contributed by atoms with Crippen LogP contribution in [0.5, 0.6) is 5.75 Å². The molecule has 0 saturated carbocycles. The van der Waals surface area contributed by atoms with Crippen molar-refractivity contribution in [2.75, 3.05) is 4.90 Å². The van der Waals surface area contributed by atoms with Crippen molar-refractivity contribution >= 4 is 23.0 Å². The molecule has 0 spiro atoms. The van der Waals surface area contributed by atoms with Gasteiger partial charge in [-0.15, -0.1) is 0 Å². The molecule has 0 radical (unpaired) electrons. The molecule has 144 valence electrons. The van der Waals surface area contributed by atoms with E-state index in [9.17, 15) is 5.11 Å². The SMILES string of the molecule is CCn1c(C)cc(C2C(c3ccccn3)NC(=S)N2c2ccccc2O)c1C. The van der Waals surface area contributed by atoms with Crippen molar-refractivity contribution in [3.8, 4) is 5.75 Å². The number of pyridine rings is 1. The van der Waals surface area contributed by atoms with Gasteiger partial charge >= 0.3 is 0 Å². The van der Waals surface area contributed by atoms with Gasteiger partial charge in [-0.3, -0.25) is 4.98 Å². The second-order valence-corrected chi connectivity index (χ2v) is 7.44. The van der Waals surface area contributed by atoms with Crippen LogP contribution < -0.4 is 10.2 Å². The smallest absolute Gasteiger partial charge is 0.174 e. The maximum Gasteiger partial charge on any atom is 0.174 e. The van der Waals surface area contributed by atoms with Gasteiger partial charge in [0, 0.05) is 24.1 Å². The molecule has 1 aromatic carbocycles. The largest absolute Gasteiger partial charge is 0.506 e. The number of rotatable bonds is 4. The molecule has 1 fully saturated rings. The lowest BCUT2D eigenvalue weighted by Crippen LogP contribution is -2.29. The first-order valence-corrected chi connectivity index (χ1v) is 9.89. The van der Waals surface area contributed by atoms with E-state index in [-0.39, 0.29) is 17.8 Å². The fourth-order valence-electron chi connectivity index (χ4n) is 4.21. The van der Waals surface area contributed by atoms with E-state index in [1.54, 1.807) is 12.3 Å². The van der Waals surface area contributed by atoms with Gasteiger partial charge in [0.25, 0.3) is 0 Å². The second-order valence-electron chi connectivity index (χ2n) is 7.06. The summed E-state index contributed by atoms with van der Waals surface area (Å²) >= 11 is 5.72. The molecule has 0 amide bonds. The van der Waals surface area contributed by atoms with E-state index in [1.807, 2.05) is 41.3 Å².